The van der Waals surface area contributed by atoms with Crippen LogP contribution in [0.3, 0.4) is 0 Å². The Kier molecular flexibility index (Phi) is 4.89. The van der Waals surface area contributed by atoms with Gasteiger partial charge in [-0.15, -0.1) is 18.2 Å². The summed E-state index contributed by atoms with van der Waals surface area (Å²) >= 11 is 1.75. The Bertz CT molecular complexity index is 228. The number of terminal acetylenes is 1. The zero-order valence-electron chi connectivity index (χ0n) is 8.58. The number of carbonyl (C=O) groups excluding carboxylic acids is 1. The Labute approximate surface area is 90.2 Å². The summed E-state index contributed by atoms with van der Waals surface area (Å²) < 4.78 is 0. The van der Waals surface area contributed by atoms with Crippen molar-refractivity contribution < 1.29 is 4.79 Å². The fraction of sp³-hybridized carbons (Fsp3) is 0.727. The van der Waals surface area contributed by atoms with Gasteiger partial charge in [0.05, 0.1) is 11.3 Å². The lowest BCUT2D eigenvalue weighted by atomic mass is 10.1. The summed E-state index contributed by atoms with van der Waals surface area (Å²) in [5.74, 6) is 3.81. The van der Waals surface area contributed by atoms with Crippen LogP contribution < -0.4 is 5.32 Å². The molecule has 1 aliphatic rings. The molecule has 0 bridgehead atoms. The lowest BCUT2D eigenvalue weighted by Crippen LogP contribution is -2.40. The molecule has 0 aromatic carbocycles. The molecule has 0 spiro atoms. The minimum absolute atomic E-state index is 0.0926. The molecule has 0 aliphatic carbocycles. The molecule has 78 valence electrons. The fourth-order valence-electron chi connectivity index (χ4n) is 1.47. The van der Waals surface area contributed by atoms with E-state index in [0.29, 0.717) is 0 Å². The summed E-state index contributed by atoms with van der Waals surface area (Å²) in [6.07, 6.45) is 9.49. The van der Waals surface area contributed by atoms with E-state index in [9.17, 15) is 4.79 Å². The van der Waals surface area contributed by atoms with Crippen LogP contribution in [0.25, 0.3) is 0 Å². The van der Waals surface area contributed by atoms with E-state index in [1.807, 2.05) is 6.92 Å². The number of nitrogens with one attached hydrogen (secondary N) is 1. The second-order valence-corrected chi connectivity index (χ2v) is 4.80. The molecule has 1 rings (SSSR count). The maximum Gasteiger partial charge on any atom is 0.234 e. The Balaban J connectivity index is 2.36. The van der Waals surface area contributed by atoms with E-state index in [1.165, 1.54) is 6.42 Å². The summed E-state index contributed by atoms with van der Waals surface area (Å²) in [5, 5.41) is 3.02. The fourth-order valence-corrected chi connectivity index (χ4v) is 2.68. The van der Waals surface area contributed by atoms with Crippen molar-refractivity contribution in [3.8, 4) is 12.3 Å². The maximum atomic E-state index is 11.7. The van der Waals surface area contributed by atoms with Gasteiger partial charge < -0.3 is 5.32 Å². The highest BCUT2D eigenvalue weighted by Crippen LogP contribution is 2.25. The van der Waals surface area contributed by atoms with Crippen molar-refractivity contribution in [3.63, 3.8) is 0 Å². The molecule has 0 aromatic heterocycles. The van der Waals surface area contributed by atoms with E-state index in [1.54, 1.807) is 11.8 Å². The van der Waals surface area contributed by atoms with E-state index >= 15 is 0 Å². The Hall–Kier alpha value is -0.620. The highest BCUT2D eigenvalue weighted by Gasteiger charge is 2.22. The van der Waals surface area contributed by atoms with Crippen LogP contribution in [0.4, 0.5) is 0 Å². The zero-order chi connectivity index (χ0) is 10.4. The van der Waals surface area contributed by atoms with Gasteiger partial charge in [0, 0.05) is 0 Å². The molecule has 0 radical (unpaired) electrons. The standard InChI is InChI=1S/C11H17NOS/c1-3-9(4-2)12-11(13)10-7-5-6-8-14-10/h1,9-10H,4-8H2,2H3,(H,12,13). The molecule has 2 nitrogen and oxygen atoms in total. The first kappa shape index (κ1) is 11.5. The van der Waals surface area contributed by atoms with E-state index in [-0.39, 0.29) is 17.2 Å². The van der Waals surface area contributed by atoms with Crippen LogP contribution in [0.5, 0.6) is 0 Å². The van der Waals surface area contributed by atoms with E-state index in [0.717, 1.165) is 25.0 Å². The molecule has 0 saturated carbocycles. The monoisotopic (exact) mass is 211 g/mol. The molecular weight excluding hydrogens is 194 g/mol. The first-order chi connectivity index (χ1) is 6.77. The van der Waals surface area contributed by atoms with Crippen LogP contribution >= 0.6 is 11.8 Å². The summed E-state index contributed by atoms with van der Waals surface area (Å²) in [6, 6.07) is -0.0926. The van der Waals surface area contributed by atoms with Crippen LogP contribution in [0, 0.1) is 12.3 Å². The van der Waals surface area contributed by atoms with Gasteiger partial charge in [0.25, 0.3) is 0 Å². The number of carbonyl (C=O) groups is 1. The Morgan fingerprint density at radius 3 is 3.00 bits per heavy atom. The molecule has 1 saturated heterocycles. The van der Waals surface area contributed by atoms with Gasteiger partial charge in [0.15, 0.2) is 0 Å². The first-order valence-corrected chi connectivity index (χ1v) is 6.21. The van der Waals surface area contributed by atoms with Gasteiger partial charge in [0.1, 0.15) is 0 Å². The quantitative estimate of drug-likeness (QED) is 0.721. The largest absolute Gasteiger partial charge is 0.342 e. The van der Waals surface area contributed by atoms with Crippen molar-refractivity contribution >= 4 is 17.7 Å². The molecule has 1 aliphatic heterocycles. The summed E-state index contributed by atoms with van der Waals surface area (Å²) in [5.41, 5.74) is 0. The molecule has 2 unspecified atom stereocenters. The highest BCUT2D eigenvalue weighted by molar-refractivity contribution is 8.00. The average molecular weight is 211 g/mol. The van der Waals surface area contributed by atoms with Crippen molar-refractivity contribution in [2.75, 3.05) is 5.75 Å². The number of hydrogen-bond donors (Lipinski definition) is 1. The van der Waals surface area contributed by atoms with E-state index in [4.69, 9.17) is 6.42 Å². The average Bonchev–Trinajstić information content (AvgIpc) is 2.26. The van der Waals surface area contributed by atoms with Crippen molar-refractivity contribution in [3.05, 3.63) is 0 Å². The molecule has 14 heavy (non-hydrogen) atoms. The third-order valence-corrected chi connectivity index (χ3v) is 3.77. The normalized spacial score (nSPS) is 23.6. The minimum Gasteiger partial charge on any atom is -0.342 e. The summed E-state index contributed by atoms with van der Waals surface area (Å²) in [4.78, 5) is 11.7. The third kappa shape index (κ3) is 3.26. The second-order valence-electron chi connectivity index (χ2n) is 3.49. The van der Waals surface area contributed by atoms with Gasteiger partial charge in [-0.1, -0.05) is 19.3 Å². The lowest BCUT2D eigenvalue weighted by molar-refractivity contribution is -0.121. The smallest absolute Gasteiger partial charge is 0.234 e. The van der Waals surface area contributed by atoms with Crippen LogP contribution in [-0.4, -0.2) is 23.0 Å². The molecular formula is C11H17NOS. The number of thioether (sulfide) groups is 1. The van der Waals surface area contributed by atoms with Crippen LogP contribution in [0.15, 0.2) is 0 Å². The predicted molar refractivity (Wildman–Crippen MR) is 61.2 cm³/mol. The predicted octanol–water partition coefficient (Wildman–Crippen LogP) is 1.80. The zero-order valence-corrected chi connectivity index (χ0v) is 9.40. The van der Waals surface area contributed by atoms with Crippen molar-refractivity contribution in [1.29, 1.82) is 0 Å². The van der Waals surface area contributed by atoms with Crippen LogP contribution in [0.2, 0.25) is 0 Å². The molecule has 1 N–H and O–H groups in total. The topological polar surface area (TPSA) is 29.1 Å². The van der Waals surface area contributed by atoms with Crippen molar-refractivity contribution in [2.24, 2.45) is 0 Å². The second kappa shape index (κ2) is 5.98. The molecule has 2 atom stereocenters. The molecule has 0 aromatic rings. The maximum absolute atomic E-state index is 11.7. The number of amides is 1. The Morgan fingerprint density at radius 2 is 2.50 bits per heavy atom. The summed E-state index contributed by atoms with van der Waals surface area (Å²) in [6.45, 7) is 1.98. The SMILES string of the molecule is C#CC(CC)NC(=O)C1CCCCS1. The minimum atomic E-state index is -0.0926. The van der Waals surface area contributed by atoms with Gasteiger partial charge in [-0.2, -0.15) is 0 Å². The third-order valence-electron chi connectivity index (χ3n) is 2.40. The highest BCUT2D eigenvalue weighted by atomic mass is 32.2. The summed E-state index contributed by atoms with van der Waals surface area (Å²) in [7, 11) is 0. The van der Waals surface area contributed by atoms with Gasteiger partial charge >= 0.3 is 0 Å². The Morgan fingerprint density at radius 1 is 1.71 bits per heavy atom. The molecule has 1 amide bonds. The lowest BCUT2D eigenvalue weighted by Gasteiger charge is -2.22. The van der Waals surface area contributed by atoms with Crippen molar-refractivity contribution in [1.82, 2.24) is 5.32 Å². The first-order valence-electron chi connectivity index (χ1n) is 5.16. The molecule has 1 heterocycles. The van der Waals surface area contributed by atoms with Crippen LogP contribution in [-0.2, 0) is 4.79 Å². The molecule has 1 fully saturated rings. The van der Waals surface area contributed by atoms with Crippen molar-refractivity contribution in [2.45, 2.75) is 43.9 Å². The van der Waals surface area contributed by atoms with Crippen LogP contribution in [0.1, 0.15) is 32.6 Å². The van der Waals surface area contributed by atoms with Gasteiger partial charge in [-0.25, -0.2) is 0 Å². The number of rotatable bonds is 3. The molecule has 3 heteroatoms. The van der Waals surface area contributed by atoms with Gasteiger partial charge in [-0.3, -0.25) is 4.79 Å². The van der Waals surface area contributed by atoms with Gasteiger partial charge in [-0.05, 0) is 25.0 Å². The van der Waals surface area contributed by atoms with E-state index < -0.39 is 0 Å². The number of hydrogen-bond acceptors (Lipinski definition) is 2. The van der Waals surface area contributed by atoms with Gasteiger partial charge in [0.2, 0.25) is 5.91 Å². The van der Waals surface area contributed by atoms with E-state index in [2.05, 4.69) is 11.2 Å².